The molecule has 0 bridgehead atoms. The van der Waals surface area contributed by atoms with Gasteiger partial charge >= 0.3 is 0 Å². The lowest BCUT2D eigenvalue weighted by Gasteiger charge is -2.21. The third kappa shape index (κ3) is 3.10. The summed E-state index contributed by atoms with van der Waals surface area (Å²) in [4.78, 5) is 0. The van der Waals surface area contributed by atoms with E-state index in [0.717, 1.165) is 36.6 Å². The standard InChI is InChI=1S/C9H16N4OS/c1-13-7-9(11-12-13)6-10-8-2-4-15(14)5-3-8/h7-8,10H,2-6H2,1H3. The Hall–Kier alpha value is -0.750. The predicted molar refractivity (Wildman–Crippen MR) is 58.7 cm³/mol. The van der Waals surface area contributed by atoms with Gasteiger partial charge in [-0.15, -0.1) is 5.10 Å². The molecule has 15 heavy (non-hydrogen) atoms. The molecule has 1 N–H and O–H groups in total. The van der Waals surface area contributed by atoms with Crippen molar-refractivity contribution in [2.75, 3.05) is 11.5 Å². The normalized spacial score (nSPS) is 26.7. The minimum atomic E-state index is -0.577. The molecule has 1 aromatic heterocycles. The lowest BCUT2D eigenvalue weighted by molar-refractivity contribution is 0.472. The van der Waals surface area contributed by atoms with Gasteiger partial charge in [0.15, 0.2) is 0 Å². The van der Waals surface area contributed by atoms with Crippen LogP contribution in [0.2, 0.25) is 0 Å². The minimum absolute atomic E-state index is 0.490. The van der Waals surface area contributed by atoms with Gasteiger partial charge in [0.05, 0.1) is 5.69 Å². The molecule has 6 heteroatoms. The largest absolute Gasteiger partial charge is 0.308 e. The summed E-state index contributed by atoms with van der Waals surface area (Å²) in [5.41, 5.74) is 0.962. The van der Waals surface area contributed by atoms with Gasteiger partial charge in [-0.2, -0.15) is 0 Å². The second kappa shape index (κ2) is 4.85. The molecule has 0 spiro atoms. The fourth-order valence-corrected chi connectivity index (χ4v) is 3.02. The molecule has 0 saturated carbocycles. The lowest BCUT2D eigenvalue weighted by atomic mass is 10.1. The van der Waals surface area contributed by atoms with Crippen LogP contribution >= 0.6 is 0 Å². The monoisotopic (exact) mass is 228 g/mol. The van der Waals surface area contributed by atoms with E-state index in [0.29, 0.717) is 6.04 Å². The van der Waals surface area contributed by atoms with Crippen molar-refractivity contribution in [2.45, 2.75) is 25.4 Å². The molecule has 0 aliphatic carbocycles. The summed E-state index contributed by atoms with van der Waals surface area (Å²) in [6.07, 6.45) is 3.92. The molecule has 5 nitrogen and oxygen atoms in total. The Morgan fingerprint density at radius 3 is 2.93 bits per heavy atom. The Balaban J connectivity index is 1.76. The quantitative estimate of drug-likeness (QED) is 0.779. The van der Waals surface area contributed by atoms with E-state index in [4.69, 9.17) is 0 Å². The zero-order valence-corrected chi connectivity index (χ0v) is 9.66. The molecular weight excluding hydrogens is 212 g/mol. The number of aryl methyl sites for hydroxylation is 1. The van der Waals surface area contributed by atoms with E-state index in [2.05, 4.69) is 15.6 Å². The topological polar surface area (TPSA) is 59.8 Å². The SMILES string of the molecule is Cn1cc(CNC2CCS(=O)CC2)nn1. The van der Waals surface area contributed by atoms with E-state index in [9.17, 15) is 4.21 Å². The molecule has 0 amide bonds. The van der Waals surface area contributed by atoms with E-state index >= 15 is 0 Å². The molecule has 0 unspecified atom stereocenters. The van der Waals surface area contributed by atoms with Gasteiger partial charge in [0.2, 0.25) is 0 Å². The van der Waals surface area contributed by atoms with Crippen LogP contribution in [-0.2, 0) is 24.4 Å². The van der Waals surface area contributed by atoms with E-state index in [1.165, 1.54) is 0 Å². The maximum Gasteiger partial charge on any atom is 0.0964 e. The van der Waals surface area contributed by atoms with Crippen molar-refractivity contribution in [3.63, 3.8) is 0 Å². The third-order valence-corrected chi connectivity index (χ3v) is 3.99. The minimum Gasteiger partial charge on any atom is -0.308 e. The van der Waals surface area contributed by atoms with Crippen molar-refractivity contribution >= 4 is 10.8 Å². The first kappa shape index (κ1) is 10.8. The summed E-state index contributed by atoms with van der Waals surface area (Å²) in [6, 6.07) is 0.490. The van der Waals surface area contributed by atoms with Gasteiger partial charge in [-0.1, -0.05) is 5.21 Å². The van der Waals surface area contributed by atoms with Crippen LogP contribution in [0.5, 0.6) is 0 Å². The molecule has 2 heterocycles. The van der Waals surface area contributed by atoms with Crippen LogP contribution in [0.3, 0.4) is 0 Å². The number of rotatable bonds is 3. The Bertz CT molecular complexity index is 342. The molecular formula is C9H16N4OS. The Labute approximate surface area is 91.7 Å². The molecule has 1 aliphatic heterocycles. The third-order valence-electron chi connectivity index (χ3n) is 2.61. The first-order valence-electron chi connectivity index (χ1n) is 5.17. The Morgan fingerprint density at radius 1 is 1.60 bits per heavy atom. The zero-order valence-electron chi connectivity index (χ0n) is 8.85. The summed E-state index contributed by atoms with van der Waals surface area (Å²) >= 11 is 0. The highest BCUT2D eigenvalue weighted by atomic mass is 32.2. The van der Waals surface area contributed by atoms with Crippen LogP contribution in [0.15, 0.2) is 6.20 Å². The van der Waals surface area contributed by atoms with Gasteiger partial charge in [0.1, 0.15) is 0 Å². The maximum atomic E-state index is 11.1. The lowest BCUT2D eigenvalue weighted by Crippen LogP contribution is -2.35. The second-order valence-corrected chi connectivity index (χ2v) is 5.58. The molecule has 2 rings (SSSR count). The summed E-state index contributed by atoms with van der Waals surface area (Å²) in [6.45, 7) is 0.755. The molecule has 1 fully saturated rings. The van der Waals surface area contributed by atoms with Gasteiger partial charge in [-0.25, -0.2) is 0 Å². The van der Waals surface area contributed by atoms with Gasteiger partial charge in [0, 0.05) is 48.1 Å². The van der Waals surface area contributed by atoms with Crippen molar-refractivity contribution in [3.8, 4) is 0 Å². The fraction of sp³-hybridized carbons (Fsp3) is 0.778. The average molecular weight is 228 g/mol. The number of nitrogens with zero attached hydrogens (tertiary/aromatic N) is 3. The molecule has 1 saturated heterocycles. The van der Waals surface area contributed by atoms with Crippen LogP contribution in [0, 0.1) is 0 Å². The zero-order chi connectivity index (χ0) is 10.7. The van der Waals surface area contributed by atoms with E-state index < -0.39 is 10.8 Å². The second-order valence-electron chi connectivity index (χ2n) is 3.89. The predicted octanol–water partition coefficient (Wildman–Crippen LogP) is -0.184. The molecule has 1 aliphatic rings. The first-order chi connectivity index (χ1) is 7.24. The smallest absolute Gasteiger partial charge is 0.0964 e. The average Bonchev–Trinajstić information content (AvgIpc) is 2.64. The molecule has 0 atom stereocenters. The van der Waals surface area contributed by atoms with E-state index in [1.54, 1.807) is 4.68 Å². The van der Waals surface area contributed by atoms with Crippen LogP contribution in [-0.4, -0.2) is 36.8 Å². The number of nitrogens with one attached hydrogen (secondary N) is 1. The van der Waals surface area contributed by atoms with Gasteiger partial charge < -0.3 is 5.32 Å². The maximum absolute atomic E-state index is 11.1. The molecule has 1 aromatic rings. The van der Waals surface area contributed by atoms with Crippen molar-refractivity contribution in [1.82, 2.24) is 20.3 Å². The fourth-order valence-electron chi connectivity index (χ4n) is 1.72. The Kier molecular flexibility index (Phi) is 3.48. The van der Waals surface area contributed by atoms with Crippen molar-refractivity contribution in [3.05, 3.63) is 11.9 Å². The molecule has 0 radical (unpaired) electrons. The number of hydrogen-bond donors (Lipinski definition) is 1. The van der Waals surface area contributed by atoms with Crippen LogP contribution < -0.4 is 5.32 Å². The Morgan fingerprint density at radius 2 is 2.33 bits per heavy atom. The summed E-state index contributed by atoms with van der Waals surface area (Å²) in [5.74, 6) is 1.66. The highest BCUT2D eigenvalue weighted by Gasteiger charge is 2.17. The van der Waals surface area contributed by atoms with Crippen LogP contribution in [0.25, 0.3) is 0 Å². The summed E-state index contributed by atoms with van der Waals surface area (Å²) < 4.78 is 12.8. The molecule has 84 valence electrons. The van der Waals surface area contributed by atoms with Crippen molar-refractivity contribution in [2.24, 2.45) is 7.05 Å². The van der Waals surface area contributed by atoms with E-state index in [1.807, 2.05) is 13.2 Å². The highest BCUT2D eigenvalue weighted by molar-refractivity contribution is 7.85. The van der Waals surface area contributed by atoms with Crippen LogP contribution in [0.4, 0.5) is 0 Å². The van der Waals surface area contributed by atoms with Crippen molar-refractivity contribution < 1.29 is 4.21 Å². The van der Waals surface area contributed by atoms with Gasteiger partial charge in [-0.05, 0) is 12.8 Å². The highest BCUT2D eigenvalue weighted by Crippen LogP contribution is 2.09. The number of hydrogen-bond acceptors (Lipinski definition) is 4. The van der Waals surface area contributed by atoms with E-state index in [-0.39, 0.29) is 0 Å². The van der Waals surface area contributed by atoms with Gasteiger partial charge in [0.25, 0.3) is 0 Å². The molecule has 0 aromatic carbocycles. The van der Waals surface area contributed by atoms with Crippen molar-refractivity contribution in [1.29, 1.82) is 0 Å². The number of aromatic nitrogens is 3. The van der Waals surface area contributed by atoms with Crippen LogP contribution in [0.1, 0.15) is 18.5 Å². The summed E-state index contributed by atoms with van der Waals surface area (Å²) in [5, 5.41) is 11.3. The summed E-state index contributed by atoms with van der Waals surface area (Å²) in [7, 11) is 1.28. The van der Waals surface area contributed by atoms with Gasteiger partial charge in [-0.3, -0.25) is 8.89 Å². The first-order valence-corrected chi connectivity index (χ1v) is 6.66.